The van der Waals surface area contributed by atoms with E-state index in [1.54, 1.807) is 6.92 Å². The third kappa shape index (κ3) is 4.52. The van der Waals surface area contributed by atoms with E-state index in [4.69, 9.17) is 21.1 Å². The van der Waals surface area contributed by atoms with Gasteiger partial charge in [-0.1, -0.05) is 11.6 Å². The molecule has 0 aliphatic rings. The lowest BCUT2D eigenvalue weighted by Crippen LogP contribution is -2.42. The number of nitrogens with one attached hydrogen (secondary N) is 2. The normalized spacial score (nSPS) is 10.4. The fourth-order valence-electron chi connectivity index (χ4n) is 2.66. The molecule has 0 bridgehead atoms. The van der Waals surface area contributed by atoms with Gasteiger partial charge in [0.15, 0.2) is 11.5 Å². The Labute approximate surface area is 176 Å². The lowest BCUT2D eigenvalue weighted by molar-refractivity contribution is 0.0842. The highest BCUT2D eigenvalue weighted by Gasteiger charge is 2.18. The summed E-state index contributed by atoms with van der Waals surface area (Å²) >= 11 is 6.17. The van der Waals surface area contributed by atoms with E-state index < -0.39 is 17.6 Å². The summed E-state index contributed by atoms with van der Waals surface area (Å²) in [6.45, 7) is 2.17. The van der Waals surface area contributed by atoms with Crippen LogP contribution in [0.5, 0.6) is 11.5 Å². The summed E-state index contributed by atoms with van der Waals surface area (Å²) in [4.78, 5) is 28.9. The fourth-order valence-corrected chi connectivity index (χ4v) is 2.92. The molecule has 1 heterocycles. The fraction of sp³-hybridized carbons (Fsp3) is 0.150. The van der Waals surface area contributed by atoms with Gasteiger partial charge in [0.2, 0.25) is 0 Å². The van der Waals surface area contributed by atoms with E-state index in [9.17, 15) is 14.0 Å². The minimum atomic E-state index is -0.617. The average molecular weight is 433 g/mol. The zero-order valence-corrected chi connectivity index (χ0v) is 16.9. The van der Waals surface area contributed by atoms with Crippen molar-refractivity contribution in [3.63, 3.8) is 0 Å². The van der Waals surface area contributed by atoms with Gasteiger partial charge in [0.05, 0.1) is 31.3 Å². The van der Waals surface area contributed by atoms with Crippen LogP contribution in [-0.2, 0) is 0 Å². The molecule has 2 N–H and O–H groups in total. The van der Waals surface area contributed by atoms with Crippen LogP contribution in [0.1, 0.15) is 27.8 Å². The molecule has 2 aromatic carbocycles. The van der Waals surface area contributed by atoms with Crippen LogP contribution in [0.25, 0.3) is 5.69 Å². The molecule has 0 saturated heterocycles. The highest BCUT2D eigenvalue weighted by atomic mass is 35.5. The second kappa shape index (κ2) is 9.27. The van der Waals surface area contributed by atoms with E-state index in [2.05, 4.69) is 15.8 Å². The standard InChI is InChI=1S/C20H18ClFN4O4/c1-3-30-18-15(21)8-12(9-17(18)29-2)19(27)24-25-20(28)16-10-23-11-26(16)14-6-4-13(22)5-7-14/h4-11H,3H2,1-2H3,(H,24,27)(H,25,28). The number of rotatable bonds is 6. The summed E-state index contributed by atoms with van der Waals surface area (Å²) in [5, 5.41) is 0.196. The van der Waals surface area contributed by atoms with Crippen LogP contribution in [0.3, 0.4) is 0 Å². The smallest absolute Gasteiger partial charge is 0.288 e. The first kappa shape index (κ1) is 21.1. The summed E-state index contributed by atoms with van der Waals surface area (Å²) < 4.78 is 25.2. The van der Waals surface area contributed by atoms with Gasteiger partial charge in [-0.05, 0) is 43.3 Å². The van der Waals surface area contributed by atoms with Crippen molar-refractivity contribution in [3.05, 3.63) is 71.0 Å². The Morgan fingerprint density at radius 2 is 1.87 bits per heavy atom. The van der Waals surface area contributed by atoms with Crippen molar-refractivity contribution in [2.75, 3.05) is 13.7 Å². The summed E-state index contributed by atoms with van der Waals surface area (Å²) in [6, 6.07) is 8.38. The summed E-state index contributed by atoms with van der Waals surface area (Å²) in [6.07, 6.45) is 2.72. The quantitative estimate of drug-likeness (QED) is 0.583. The molecule has 0 radical (unpaired) electrons. The number of hydrogen-bond donors (Lipinski definition) is 2. The monoisotopic (exact) mass is 432 g/mol. The number of ether oxygens (including phenoxy) is 2. The number of benzene rings is 2. The van der Waals surface area contributed by atoms with Gasteiger partial charge in [0.1, 0.15) is 11.5 Å². The highest BCUT2D eigenvalue weighted by molar-refractivity contribution is 6.32. The van der Waals surface area contributed by atoms with Crippen molar-refractivity contribution in [2.24, 2.45) is 0 Å². The first-order valence-corrected chi connectivity index (χ1v) is 9.21. The van der Waals surface area contributed by atoms with E-state index in [1.165, 1.54) is 60.6 Å². The molecule has 156 valence electrons. The SMILES string of the molecule is CCOc1c(Cl)cc(C(=O)NNC(=O)c2cncn2-c2ccc(F)cc2)cc1OC. The minimum Gasteiger partial charge on any atom is -0.493 e. The molecule has 0 saturated carbocycles. The zero-order valence-electron chi connectivity index (χ0n) is 16.1. The van der Waals surface area contributed by atoms with Crippen molar-refractivity contribution in [2.45, 2.75) is 6.92 Å². The van der Waals surface area contributed by atoms with Crippen LogP contribution in [0.15, 0.2) is 48.9 Å². The van der Waals surface area contributed by atoms with E-state index in [0.717, 1.165) is 0 Å². The number of methoxy groups -OCH3 is 1. The van der Waals surface area contributed by atoms with Gasteiger partial charge in [-0.3, -0.25) is 25.0 Å². The molecule has 3 rings (SSSR count). The number of carbonyl (C=O) groups excluding carboxylic acids is 2. The van der Waals surface area contributed by atoms with Gasteiger partial charge < -0.3 is 9.47 Å². The van der Waals surface area contributed by atoms with Crippen LogP contribution >= 0.6 is 11.6 Å². The Hall–Kier alpha value is -3.59. The molecule has 0 aliphatic carbocycles. The predicted molar refractivity (Wildman–Crippen MR) is 108 cm³/mol. The molecule has 0 aliphatic heterocycles. The van der Waals surface area contributed by atoms with Gasteiger partial charge >= 0.3 is 0 Å². The molecule has 0 atom stereocenters. The van der Waals surface area contributed by atoms with Crippen molar-refractivity contribution < 1.29 is 23.5 Å². The second-order valence-corrected chi connectivity index (χ2v) is 6.36. The largest absolute Gasteiger partial charge is 0.493 e. The third-order valence-corrected chi connectivity index (χ3v) is 4.33. The topological polar surface area (TPSA) is 94.5 Å². The van der Waals surface area contributed by atoms with Gasteiger partial charge in [-0.15, -0.1) is 0 Å². The van der Waals surface area contributed by atoms with Crippen molar-refractivity contribution in [1.82, 2.24) is 20.4 Å². The number of amides is 2. The Balaban J connectivity index is 1.73. The minimum absolute atomic E-state index is 0.143. The number of halogens is 2. The Bertz CT molecular complexity index is 1070. The first-order chi connectivity index (χ1) is 14.4. The Kier molecular flexibility index (Phi) is 6.53. The average Bonchev–Trinajstić information content (AvgIpc) is 3.23. The van der Waals surface area contributed by atoms with Crippen molar-refractivity contribution in [3.8, 4) is 17.2 Å². The van der Waals surface area contributed by atoms with Crippen LogP contribution in [-0.4, -0.2) is 35.1 Å². The highest BCUT2D eigenvalue weighted by Crippen LogP contribution is 2.36. The molecule has 0 spiro atoms. The third-order valence-electron chi connectivity index (χ3n) is 4.05. The maximum Gasteiger partial charge on any atom is 0.288 e. The van der Waals surface area contributed by atoms with E-state index in [-0.39, 0.29) is 22.0 Å². The number of aromatic nitrogens is 2. The zero-order chi connectivity index (χ0) is 21.7. The molecular weight excluding hydrogens is 415 g/mol. The van der Waals surface area contributed by atoms with E-state index >= 15 is 0 Å². The van der Waals surface area contributed by atoms with Gasteiger partial charge in [-0.2, -0.15) is 0 Å². The molecule has 0 fully saturated rings. The van der Waals surface area contributed by atoms with Gasteiger partial charge in [-0.25, -0.2) is 9.37 Å². The van der Waals surface area contributed by atoms with Gasteiger partial charge in [0.25, 0.3) is 11.8 Å². The van der Waals surface area contributed by atoms with Crippen LogP contribution in [0, 0.1) is 5.82 Å². The molecule has 3 aromatic rings. The summed E-state index contributed by atoms with van der Waals surface area (Å²) in [5.74, 6) is -1.02. The molecule has 1 aromatic heterocycles. The van der Waals surface area contributed by atoms with E-state index in [1.807, 2.05) is 0 Å². The predicted octanol–water partition coefficient (Wildman–Crippen LogP) is 3.15. The van der Waals surface area contributed by atoms with Crippen LogP contribution in [0.2, 0.25) is 5.02 Å². The number of imidazole rings is 1. The van der Waals surface area contributed by atoms with Crippen LogP contribution in [0.4, 0.5) is 4.39 Å². The van der Waals surface area contributed by atoms with Crippen LogP contribution < -0.4 is 20.3 Å². The number of hydrogen-bond acceptors (Lipinski definition) is 5. The number of nitrogens with zero attached hydrogens (tertiary/aromatic N) is 2. The molecule has 8 nitrogen and oxygen atoms in total. The lowest BCUT2D eigenvalue weighted by Gasteiger charge is -2.14. The van der Waals surface area contributed by atoms with Crippen molar-refractivity contribution in [1.29, 1.82) is 0 Å². The first-order valence-electron chi connectivity index (χ1n) is 8.84. The van der Waals surface area contributed by atoms with E-state index in [0.29, 0.717) is 18.0 Å². The molecule has 0 unspecified atom stereocenters. The maximum absolute atomic E-state index is 13.1. The molecule has 10 heteroatoms. The number of hydrazine groups is 1. The summed E-state index contributed by atoms with van der Waals surface area (Å²) in [7, 11) is 1.42. The Morgan fingerprint density at radius 3 is 2.53 bits per heavy atom. The maximum atomic E-state index is 13.1. The lowest BCUT2D eigenvalue weighted by atomic mass is 10.2. The molecule has 2 amide bonds. The van der Waals surface area contributed by atoms with Crippen molar-refractivity contribution >= 4 is 23.4 Å². The molecule has 30 heavy (non-hydrogen) atoms. The molecular formula is C20H18ClFN4O4. The summed E-state index contributed by atoms with van der Waals surface area (Å²) in [5.41, 5.74) is 5.46. The second-order valence-electron chi connectivity index (χ2n) is 5.96. The Morgan fingerprint density at radius 1 is 1.17 bits per heavy atom. The number of carbonyl (C=O) groups is 2. The van der Waals surface area contributed by atoms with Gasteiger partial charge in [0, 0.05) is 11.3 Å².